The zero-order chi connectivity index (χ0) is 7.56. The second-order valence-electron chi connectivity index (χ2n) is 2.12. The first-order chi connectivity index (χ1) is 4.72. The van der Waals surface area contributed by atoms with Gasteiger partial charge in [0.2, 0.25) is 0 Å². The summed E-state index contributed by atoms with van der Waals surface area (Å²) >= 11 is 0. The molecule has 0 atom stereocenters. The van der Waals surface area contributed by atoms with Crippen LogP contribution in [0.5, 0.6) is 0 Å². The Hall–Kier alpha value is -0.804. The number of carboxylic acid groups (broad SMARTS) is 1. The first-order valence-electron chi connectivity index (χ1n) is 3.01. The van der Waals surface area contributed by atoms with Crippen LogP contribution >= 0.6 is 0 Å². The van der Waals surface area contributed by atoms with Crippen molar-refractivity contribution >= 4 is 5.97 Å². The molecule has 0 saturated heterocycles. The van der Waals surface area contributed by atoms with Crippen molar-refractivity contribution in [2.45, 2.75) is 6.92 Å². The fourth-order valence-corrected chi connectivity index (χ4v) is 0.813. The van der Waals surface area contributed by atoms with E-state index in [1.807, 2.05) is 6.07 Å². The number of aryl methyl sites for hydroxylation is 1. The molecule has 1 aromatic rings. The monoisotopic (exact) mass is 195 g/mol. The molecule has 0 spiro atoms. The van der Waals surface area contributed by atoms with E-state index >= 15 is 0 Å². The molecule has 0 unspecified atom stereocenters. The maximum Gasteiger partial charge on any atom is 0.335 e. The van der Waals surface area contributed by atoms with E-state index in [9.17, 15) is 4.79 Å². The Morgan fingerprint density at radius 2 is 1.91 bits per heavy atom. The van der Waals surface area contributed by atoms with Gasteiger partial charge in [-0.3, -0.25) is 0 Å². The summed E-state index contributed by atoms with van der Waals surface area (Å²) in [5.41, 5.74) is 1.18. The van der Waals surface area contributed by atoms with Gasteiger partial charge in [-0.2, -0.15) is 0 Å². The first-order valence-corrected chi connectivity index (χ1v) is 3.01. The van der Waals surface area contributed by atoms with E-state index in [1.165, 1.54) is 0 Å². The van der Waals surface area contributed by atoms with Crippen LogP contribution in [-0.2, 0) is 16.8 Å². The Balaban J connectivity index is 0.000001000. The third-order valence-corrected chi connectivity index (χ3v) is 1.38. The Morgan fingerprint density at radius 1 is 1.36 bits per heavy atom. The van der Waals surface area contributed by atoms with Gasteiger partial charge < -0.3 is 5.11 Å². The van der Waals surface area contributed by atoms with E-state index in [4.69, 9.17) is 5.11 Å². The average Bonchev–Trinajstić information content (AvgIpc) is 1.88. The third-order valence-electron chi connectivity index (χ3n) is 1.38. The summed E-state index contributed by atoms with van der Waals surface area (Å²) in [5.74, 6) is -0.863. The minimum Gasteiger partial charge on any atom is -0.478 e. The molecule has 0 aliphatic carbocycles. The zero-order valence-corrected chi connectivity index (χ0v) is 7.04. The maximum absolute atomic E-state index is 10.4. The number of benzene rings is 1. The Labute approximate surface area is 75.4 Å². The second kappa shape index (κ2) is 4.15. The van der Waals surface area contributed by atoms with Crippen molar-refractivity contribution in [3.63, 3.8) is 0 Å². The minimum atomic E-state index is -0.863. The summed E-state index contributed by atoms with van der Waals surface area (Å²) in [5, 5.41) is 8.57. The van der Waals surface area contributed by atoms with Gasteiger partial charge in [0, 0.05) is 16.8 Å². The number of hydrogen-bond donors (Lipinski definition) is 1. The maximum atomic E-state index is 10.4. The number of carboxylic acids is 1. The Kier molecular flexibility index (Phi) is 3.85. The molecule has 1 aromatic carbocycles. The molecule has 0 bridgehead atoms. The van der Waals surface area contributed by atoms with Crippen LogP contribution in [0.15, 0.2) is 24.3 Å². The topological polar surface area (TPSA) is 37.3 Å². The van der Waals surface area contributed by atoms with Crippen molar-refractivity contribution in [3.05, 3.63) is 35.4 Å². The molecular formula is C8H8CoO2. The fourth-order valence-electron chi connectivity index (χ4n) is 0.813. The van der Waals surface area contributed by atoms with Gasteiger partial charge in [0.1, 0.15) is 0 Å². The van der Waals surface area contributed by atoms with Crippen molar-refractivity contribution in [3.8, 4) is 0 Å². The predicted molar refractivity (Wildman–Crippen MR) is 38.1 cm³/mol. The van der Waals surface area contributed by atoms with Crippen LogP contribution in [0.3, 0.4) is 0 Å². The Bertz CT molecular complexity index is 258. The van der Waals surface area contributed by atoms with E-state index in [-0.39, 0.29) is 16.8 Å². The van der Waals surface area contributed by atoms with Gasteiger partial charge in [-0.25, -0.2) is 4.79 Å². The van der Waals surface area contributed by atoms with Crippen LogP contribution in [0.4, 0.5) is 0 Å². The van der Waals surface area contributed by atoms with Gasteiger partial charge in [0.25, 0.3) is 0 Å². The van der Waals surface area contributed by atoms with E-state index in [0.717, 1.165) is 5.56 Å². The second-order valence-corrected chi connectivity index (χ2v) is 2.12. The van der Waals surface area contributed by atoms with Crippen LogP contribution in [0.1, 0.15) is 15.9 Å². The third kappa shape index (κ3) is 2.36. The molecule has 11 heavy (non-hydrogen) atoms. The molecule has 0 amide bonds. The molecular weight excluding hydrogens is 187 g/mol. The first kappa shape index (κ1) is 10.2. The standard InChI is InChI=1S/C8H8O2.Co/c1-6-4-2-3-5-7(6)8(9)10;/h2-5H,1H3,(H,9,10);. The van der Waals surface area contributed by atoms with Crippen LogP contribution in [0.25, 0.3) is 0 Å². The average molecular weight is 195 g/mol. The summed E-state index contributed by atoms with van der Waals surface area (Å²) in [6.07, 6.45) is 0. The van der Waals surface area contributed by atoms with Gasteiger partial charge in [0.05, 0.1) is 5.56 Å². The van der Waals surface area contributed by atoms with Crippen LogP contribution in [0, 0.1) is 6.92 Å². The summed E-state index contributed by atoms with van der Waals surface area (Å²) in [7, 11) is 0. The zero-order valence-electron chi connectivity index (χ0n) is 6.00. The van der Waals surface area contributed by atoms with Crippen LogP contribution in [-0.4, -0.2) is 11.1 Å². The molecule has 0 fully saturated rings. The SMILES string of the molecule is Cc1ccccc1C(=O)O.[Co]. The van der Waals surface area contributed by atoms with Gasteiger partial charge >= 0.3 is 5.97 Å². The fraction of sp³-hybridized carbons (Fsp3) is 0.125. The molecule has 0 heterocycles. The van der Waals surface area contributed by atoms with E-state index in [1.54, 1.807) is 25.1 Å². The number of aromatic carboxylic acids is 1. The number of hydrogen-bond acceptors (Lipinski definition) is 1. The molecule has 1 radical (unpaired) electrons. The molecule has 0 aromatic heterocycles. The Morgan fingerprint density at radius 3 is 2.27 bits per heavy atom. The van der Waals surface area contributed by atoms with Gasteiger partial charge in [0.15, 0.2) is 0 Å². The molecule has 61 valence electrons. The normalized spacial score (nSPS) is 8.45. The molecule has 0 aliphatic rings. The van der Waals surface area contributed by atoms with Crippen molar-refractivity contribution < 1.29 is 26.7 Å². The number of rotatable bonds is 1. The summed E-state index contributed by atoms with van der Waals surface area (Å²) in [6.45, 7) is 1.78. The van der Waals surface area contributed by atoms with E-state index in [0.29, 0.717) is 5.56 Å². The quantitative estimate of drug-likeness (QED) is 0.740. The predicted octanol–water partition coefficient (Wildman–Crippen LogP) is 1.69. The van der Waals surface area contributed by atoms with Crippen LogP contribution in [0.2, 0.25) is 0 Å². The molecule has 0 saturated carbocycles. The van der Waals surface area contributed by atoms with E-state index in [2.05, 4.69) is 0 Å². The number of carbonyl (C=O) groups is 1. The molecule has 2 nitrogen and oxygen atoms in total. The summed E-state index contributed by atoms with van der Waals surface area (Å²) in [4.78, 5) is 10.4. The molecule has 1 N–H and O–H groups in total. The van der Waals surface area contributed by atoms with Gasteiger partial charge in [-0.05, 0) is 18.6 Å². The minimum absolute atomic E-state index is 0. The van der Waals surface area contributed by atoms with Gasteiger partial charge in [-0.1, -0.05) is 18.2 Å². The molecule has 0 aliphatic heterocycles. The largest absolute Gasteiger partial charge is 0.478 e. The summed E-state index contributed by atoms with van der Waals surface area (Å²) < 4.78 is 0. The van der Waals surface area contributed by atoms with Crippen molar-refractivity contribution in [2.24, 2.45) is 0 Å². The van der Waals surface area contributed by atoms with Crippen molar-refractivity contribution in [1.29, 1.82) is 0 Å². The smallest absolute Gasteiger partial charge is 0.335 e. The van der Waals surface area contributed by atoms with Crippen molar-refractivity contribution in [2.75, 3.05) is 0 Å². The summed E-state index contributed by atoms with van der Waals surface area (Å²) in [6, 6.07) is 6.92. The molecule has 1 rings (SSSR count). The molecule has 3 heteroatoms. The van der Waals surface area contributed by atoms with E-state index < -0.39 is 5.97 Å². The van der Waals surface area contributed by atoms with Crippen molar-refractivity contribution in [1.82, 2.24) is 0 Å². The van der Waals surface area contributed by atoms with Gasteiger partial charge in [-0.15, -0.1) is 0 Å². The van der Waals surface area contributed by atoms with Crippen LogP contribution < -0.4 is 0 Å².